The molecule has 38 heavy (non-hydrogen) atoms. The first-order valence-corrected chi connectivity index (χ1v) is 13.1. The van der Waals surface area contributed by atoms with Crippen LogP contribution in [0.5, 0.6) is 5.75 Å². The van der Waals surface area contributed by atoms with Gasteiger partial charge in [0.15, 0.2) is 11.0 Å². The fourth-order valence-electron chi connectivity index (χ4n) is 4.00. The van der Waals surface area contributed by atoms with Crippen molar-refractivity contribution >= 4 is 34.2 Å². The third-order valence-corrected chi connectivity index (χ3v) is 7.05. The molecule has 0 aliphatic heterocycles. The summed E-state index contributed by atoms with van der Waals surface area (Å²) in [5, 5.41) is 16.1. The van der Waals surface area contributed by atoms with Gasteiger partial charge in [-0.3, -0.25) is 9.36 Å². The molecule has 0 spiro atoms. The third-order valence-electron chi connectivity index (χ3n) is 6.12. The highest BCUT2D eigenvalue weighted by Crippen LogP contribution is 2.29. The van der Waals surface area contributed by atoms with E-state index in [0.717, 1.165) is 44.6 Å². The highest BCUT2D eigenvalue weighted by atomic mass is 32.2. The molecule has 4 aromatic carbocycles. The van der Waals surface area contributed by atoms with Crippen LogP contribution in [0.4, 0.5) is 0 Å². The summed E-state index contributed by atoms with van der Waals surface area (Å²) in [6, 6.07) is 30.1. The Morgan fingerprint density at radius 2 is 1.68 bits per heavy atom. The molecule has 7 nitrogen and oxygen atoms in total. The zero-order chi connectivity index (χ0) is 26.5. The van der Waals surface area contributed by atoms with Gasteiger partial charge in [0.2, 0.25) is 0 Å². The van der Waals surface area contributed by atoms with Gasteiger partial charge >= 0.3 is 0 Å². The van der Waals surface area contributed by atoms with E-state index < -0.39 is 0 Å². The summed E-state index contributed by atoms with van der Waals surface area (Å²) in [6.45, 7) is 3.92. The maximum absolute atomic E-state index is 12.7. The molecule has 1 heterocycles. The first-order valence-electron chi connectivity index (χ1n) is 12.1. The van der Waals surface area contributed by atoms with Crippen LogP contribution in [0.3, 0.4) is 0 Å². The minimum atomic E-state index is -0.223. The van der Waals surface area contributed by atoms with E-state index in [9.17, 15) is 4.79 Å². The molecule has 0 radical (unpaired) electrons. The lowest BCUT2D eigenvalue weighted by Gasteiger charge is -2.11. The molecule has 0 saturated heterocycles. The molecular weight excluding hydrogens is 494 g/mol. The summed E-state index contributed by atoms with van der Waals surface area (Å²) in [6.07, 6.45) is 0. The van der Waals surface area contributed by atoms with Crippen molar-refractivity contribution in [3.05, 3.63) is 102 Å². The predicted octanol–water partition coefficient (Wildman–Crippen LogP) is 6.04. The summed E-state index contributed by atoms with van der Waals surface area (Å²) >= 11 is 1.31. The minimum absolute atomic E-state index is 0.140. The summed E-state index contributed by atoms with van der Waals surface area (Å²) in [5.74, 6) is 1.37. The van der Waals surface area contributed by atoms with Gasteiger partial charge in [-0.2, -0.15) is 5.10 Å². The number of fused-ring (bicyclic) bond motifs is 1. The number of carbonyl (C=O) groups is 1. The number of rotatable bonds is 8. The standard InChI is InChI=1S/C30H27N5O2S/c1-20-8-14-26(15-9-20)35-29(23-12-16-27(37-3)17-13-23)33-34-30(35)38-19-28(36)32-31-21(2)24-11-10-22-6-4-5-7-25(22)18-24/h4-18H,19H2,1-3H3,(H,32,36)/b31-21-. The SMILES string of the molecule is COc1ccc(-c2nnc(SCC(=O)N/N=C(/C)c3ccc4ccccc4c3)n2-c2ccc(C)cc2)cc1. The Labute approximate surface area is 225 Å². The summed E-state index contributed by atoms with van der Waals surface area (Å²) < 4.78 is 7.25. The lowest BCUT2D eigenvalue weighted by atomic mass is 10.0. The molecule has 0 unspecified atom stereocenters. The van der Waals surface area contributed by atoms with Gasteiger partial charge < -0.3 is 4.74 Å². The van der Waals surface area contributed by atoms with Gasteiger partial charge in [0.05, 0.1) is 18.6 Å². The normalized spacial score (nSPS) is 11.5. The molecule has 0 atom stereocenters. The second kappa shape index (κ2) is 11.3. The summed E-state index contributed by atoms with van der Waals surface area (Å²) in [4.78, 5) is 12.7. The Bertz CT molecular complexity index is 1610. The summed E-state index contributed by atoms with van der Waals surface area (Å²) in [5.41, 5.74) is 7.33. The second-order valence-electron chi connectivity index (χ2n) is 8.79. The van der Waals surface area contributed by atoms with Crippen molar-refractivity contribution in [3.8, 4) is 22.8 Å². The van der Waals surface area contributed by atoms with Crippen LogP contribution in [-0.2, 0) is 4.79 Å². The van der Waals surface area contributed by atoms with E-state index in [0.29, 0.717) is 11.0 Å². The van der Waals surface area contributed by atoms with Gasteiger partial charge in [-0.25, -0.2) is 5.43 Å². The largest absolute Gasteiger partial charge is 0.497 e. The number of hydrazone groups is 1. The van der Waals surface area contributed by atoms with Crippen LogP contribution in [0.15, 0.2) is 101 Å². The zero-order valence-corrected chi connectivity index (χ0v) is 22.2. The number of amides is 1. The fourth-order valence-corrected chi connectivity index (χ4v) is 4.75. The van der Waals surface area contributed by atoms with Crippen molar-refractivity contribution in [2.75, 3.05) is 12.9 Å². The van der Waals surface area contributed by atoms with Crippen LogP contribution in [0, 0.1) is 6.92 Å². The second-order valence-corrected chi connectivity index (χ2v) is 9.73. The van der Waals surface area contributed by atoms with Crippen molar-refractivity contribution in [2.45, 2.75) is 19.0 Å². The molecule has 1 N–H and O–H groups in total. The molecule has 0 saturated carbocycles. The Morgan fingerprint density at radius 3 is 2.42 bits per heavy atom. The van der Waals surface area contributed by atoms with Crippen molar-refractivity contribution in [1.29, 1.82) is 0 Å². The number of hydrogen-bond acceptors (Lipinski definition) is 6. The van der Waals surface area contributed by atoms with Crippen LogP contribution >= 0.6 is 11.8 Å². The van der Waals surface area contributed by atoms with E-state index in [1.807, 2.05) is 85.1 Å². The van der Waals surface area contributed by atoms with Gasteiger partial charge in [-0.05, 0) is 72.6 Å². The number of aromatic nitrogens is 3. The van der Waals surface area contributed by atoms with Crippen LogP contribution in [0.1, 0.15) is 18.1 Å². The quantitative estimate of drug-likeness (QED) is 0.153. The van der Waals surface area contributed by atoms with Crippen molar-refractivity contribution in [1.82, 2.24) is 20.2 Å². The van der Waals surface area contributed by atoms with E-state index in [4.69, 9.17) is 4.74 Å². The molecule has 0 aliphatic rings. The minimum Gasteiger partial charge on any atom is -0.497 e. The molecule has 8 heteroatoms. The number of carbonyl (C=O) groups excluding carboxylic acids is 1. The highest BCUT2D eigenvalue weighted by molar-refractivity contribution is 7.99. The molecule has 190 valence electrons. The lowest BCUT2D eigenvalue weighted by Crippen LogP contribution is -2.21. The smallest absolute Gasteiger partial charge is 0.250 e. The number of thioether (sulfide) groups is 1. The lowest BCUT2D eigenvalue weighted by molar-refractivity contribution is -0.118. The Balaban J connectivity index is 1.33. The summed E-state index contributed by atoms with van der Waals surface area (Å²) in [7, 11) is 1.64. The topological polar surface area (TPSA) is 81.4 Å². The van der Waals surface area contributed by atoms with Crippen molar-refractivity contribution in [2.24, 2.45) is 5.10 Å². The van der Waals surface area contributed by atoms with Crippen LogP contribution < -0.4 is 10.2 Å². The third kappa shape index (κ3) is 5.60. The van der Waals surface area contributed by atoms with Gasteiger partial charge in [-0.15, -0.1) is 10.2 Å². The zero-order valence-electron chi connectivity index (χ0n) is 21.4. The van der Waals surface area contributed by atoms with Gasteiger partial charge in [-0.1, -0.05) is 65.9 Å². The molecule has 0 fully saturated rings. The number of nitrogens with zero attached hydrogens (tertiary/aromatic N) is 4. The number of ether oxygens (including phenoxy) is 1. The maximum Gasteiger partial charge on any atom is 0.250 e. The van der Waals surface area contributed by atoms with Crippen molar-refractivity contribution < 1.29 is 9.53 Å². The fraction of sp³-hybridized carbons (Fsp3) is 0.133. The highest BCUT2D eigenvalue weighted by Gasteiger charge is 2.17. The van der Waals surface area contributed by atoms with Crippen LogP contribution in [-0.4, -0.2) is 39.2 Å². The molecule has 5 rings (SSSR count). The van der Waals surface area contributed by atoms with Crippen LogP contribution in [0.25, 0.3) is 27.8 Å². The number of benzene rings is 4. The number of methoxy groups -OCH3 is 1. The van der Waals surface area contributed by atoms with E-state index >= 15 is 0 Å². The van der Waals surface area contributed by atoms with E-state index in [-0.39, 0.29) is 11.7 Å². The first-order chi connectivity index (χ1) is 18.5. The molecule has 0 bridgehead atoms. The molecule has 5 aromatic rings. The molecule has 1 aromatic heterocycles. The van der Waals surface area contributed by atoms with Crippen molar-refractivity contribution in [3.63, 3.8) is 0 Å². The first kappa shape index (κ1) is 25.2. The number of aryl methyl sites for hydroxylation is 1. The maximum atomic E-state index is 12.7. The molecule has 0 aliphatic carbocycles. The van der Waals surface area contributed by atoms with E-state index in [2.05, 4.69) is 45.0 Å². The van der Waals surface area contributed by atoms with Gasteiger partial charge in [0.25, 0.3) is 5.91 Å². The Kier molecular flexibility index (Phi) is 7.51. The predicted molar refractivity (Wildman–Crippen MR) is 153 cm³/mol. The van der Waals surface area contributed by atoms with Crippen LogP contribution in [0.2, 0.25) is 0 Å². The molecular formula is C30H27N5O2S. The number of hydrogen-bond donors (Lipinski definition) is 1. The van der Waals surface area contributed by atoms with E-state index in [1.165, 1.54) is 11.8 Å². The van der Waals surface area contributed by atoms with Gasteiger partial charge in [0.1, 0.15) is 5.75 Å². The Hall–Kier alpha value is -4.43. The number of nitrogens with one attached hydrogen (secondary N) is 1. The van der Waals surface area contributed by atoms with E-state index in [1.54, 1.807) is 7.11 Å². The average Bonchev–Trinajstić information content (AvgIpc) is 3.39. The monoisotopic (exact) mass is 521 g/mol. The average molecular weight is 522 g/mol. The van der Waals surface area contributed by atoms with Gasteiger partial charge in [0, 0.05) is 11.3 Å². The molecule has 1 amide bonds. The Morgan fingerprint density at radius 1 is 0.947 bits per heavy atom.